The molecular formula is C19H23N3O3. The lowest BCUT2D eigenvalue weighted by Gasteiger charge is -2.09. The van der Waals surface area contributed by atoms with Crippen LogP contribution in [0.4, 0.5) is 16.2 Å². The maximum Gasteiger partial charge on any atom is 0.407 e. The minimum Gasteiger partial charge on any atom is -0.445 e. The van der Waals surface area contributed by atoms with Gasteiger partial charge in [-0.05, 0) is 36.6 Å². The van der Waals surface area contributed by atoms with E-state index < -0.39 is 6.09 Å². The summed E-state index contributed by atoms with van der Waals surface area (Å²) in [5, 5.41) is 5.39. The zero-order valence-corrected chi connectivity index (χ0v) is 14.2. The first kappa shape index (κ1) is 18.3. The van der Waals surface area contributed by atoms with E-state index in [9.17, 15) is 9.59 Å². The van der Waals surface area contributed by atoms with Gasteiger partial charge in [-0.1, -0.05) is 36.4 Å². The molecule has 2 amide bonds. The second-order valence-corrected chi connectivity index (χ2v) is 5.73. The van der Waals surface area contributed by atoms with Gasteiger partial charge in [-0.15, -0.1) is 0 Å². The molecule has 0 aliphatic heterocycles. The summed E-state index contributed by atoms with van der Waals surface area (Å²) in [5.41, 5.74) is 8.96. The maximum absolute atomic E-state index is 11.9. The first-order valence-corrected chi connectivity index (χ1v) is 8.15. The number of nitrogens with one attached hydrogen (secondary N) is 2. The van der Waals surface area contributed by atoms with Gasteiger partial charge in [-0.2, -0.15) is 0 Å². The third kappa shape index (κ3) is 6.55. The molecule has 0 fully saturated rings. The molecule has 6 heteroatoms. The Morgan fingerprint density at radius 3 is 2.60 bits per heavy atom. The topological polar surface area (TPSA) is 93.5 Å². The molecule has 25 heavy (non-hydrogen) atoms. The Labute approximate surface area is 147 Å². The van der Waals surface area contributed by atoms with Gasteiger partial charge in [0.1, 0.15) is 6.61 Å². The van der Waals surface area contributed by atoms with Crippen LogP contribution in [0.15, 0.2) is 48.5 Å². The number of aryl methyl sites for hydroxylation is 1. The zero-order chi connectivity index (χ0) is 18.1. The molecule has 0 unspecified atom stereocenters. The van der Waals surface area contributed by atoms with Gasteiger partial charge in [0, 0.05) is 13.0 Å². The number of anilines is 2. The maximum atomic E-state index is 11.9. The smallest absolute Gasteiger partial charge is 0.407 e. The lowest BCUT2D eigenvalue weighted by atomic mass is 10.2. The fourth-order valence-corrected chi connectivity index (χ4v) is 2.22. The molecule has 0 radical (unpaired) electrons. The first-order valence-electron chi connectivity index (χ1n) is 8.15. The van der Waals surface area contributed by atoms with Crippen LogP contribution in [0.2, 0.25) is 0 Å². The number of alkyl carbamates (subject to hydrolysis) is 1. The highest BCUT2D eigenvalue weighted by atomic mass is 16.5. The van der Waals surface area contributed by atoms with E-state index in [1.54, 1.807) is 12.1 Å². The van der Waals surface area contributed by atoms with E-state index in [1.807, 2.05) is 43.3 Å². The normalized spacial score (nSPS) is 10.1. The molecule has 0 spiro atoms. The lowest BCUT2D eigenvalue weighted by molar-refractivity contribution is -0.116. The Morgan fingerprint density at radius 2 is 1.88 bits per heavy atom. The van der Waals surface area contributed by atoms with Gasteiger partial charge in [0.05, 0.1) is 11.4 Å². The van der Waals surface area contributed by atoms with Crippen molar-refractivity contribution < 1.29 is 14.3 Å². The summed E-state index contributed by atoms with van der Waals surface area (Å²) in [6, 6.07) is 14.9. The van der Waals surface area contributed by atoms with Crippen molar-refractivity contribution >= 4 is 23.4 Å². The summed E-state index contributed by atoms with van der Waals surface area (Å²) in [5.74, 6) is -0.144. The molecule has 2 aromatic carbocycles. The van der Waals surface area contributed by atoms with Crippen molar-refractivity contribution in [3.8, 4) is 0 Å². The fraction of sp³-hybridized carbons (Fsp3) is 0.263. The minimum absolute atomic E-state index is 0.144. The van der Waals surface area contributed by atoms with Crippen LogP contribution in [0.25, 0.3) is 0 Å². The average Bonchev–Trinajstić information content (AvgIpc) is 2.60. The number of carbonyl (C=O) groups is 2. The van der Waals surface area contributed by atoms with Crippen molar-refractivity contribution in [2.24, 2.45) is 0 Å². The second kappa shape index (κ2) is 9.32. The highest BCUT2D eigenvalue weighted by Crippen LogP contribution is 2.19. The van der Waals surface area contributed by atoms with Crippen LogP contribution in [0, 0.1) is 6.92 Å². The molecule has 2 aromatic rings. The number of nitrogens with two attached hydrogens (primary N) is 1. The Bertz CT molecular complexity index is 717. The van der Waals surface area contributed by atoms with Gasteiger partial charge in [0.25, 0.3) is 0 Å². The fourth-order valence-electron chi connectivity index (χ4n) is 2.22. The van der Waals surface area contributed by atoms with E-state index in [0.717, 1.165) is 11.1 Å². The van der Waals surface area contributed by atoms with Gasteiger partial charge in [0.2, 0.25) is 5.91 Å². The second-order valence-electron chi connectivity index (χ2n) is 5.73. The molecule has 0 atom stereocenters. The monoisotopic (exact) mass is 341 g/mol. The molecule has 0 saturated heterocycles. The lowest BCUT2D eigenvalue weighted by Crippen LogP contribution is -2.26. The number of benzene rings is 2. The molecule has 4 N–H and O–H groups in total. The van der Waals surface area contributed by atoms with Crippen molar-refractivity contribution in [3.63, 3.8) is 0 Å². The molecule has 0 aliphatic rings. The van der Waals surface area contributed by atoms with E-state index >= 15 is 0 Å². The summed E-state index contributed by atoms with van der Waals surface area (Å²) < 4.78 is 5.09. The number of amides is 2. The standard InChI is InChI=1S/C19H23N3O3/c1-14-9-10-17(16(20)12-14)22-18(23)8-5-11-21-19(24)25-13-15-6-3-2-4-7-15/h2-4,6-7,9-10,12H,5,8,11,13,20H2,1H3,(H,21,24)(H,22,23). The summed E-state index contributed by atoms with van der Waals surface area (Å²) in [6.45, 7) is 2.52. The molecule has 0 aliphatic carbocycles. The summed E-state index contributed by atoms with van der Waals surface area (Å²) >= 11 is 0. The molecule has 6 nitrogen and oxygen atoms in total. The molecule has 0 heterocycles. The van der Waals surface area contributed by atoms with Gasteiger partial charge in [-0.3, -0.25) is 4.79 Å². The van der Waals surface area contributed by atoms with Crippen LogP contribution in [0.3, 0.4) is 0 Å². The van der Waals surface area contributed by atoms with Crippen molar-refractivity contribution in [2.45, 2.75) is 26.4 Å². The minimum atomic E-state index is -0.493. The number of hydrogen-bond acceptors (Lipinski definition) is 4. The van der Waals surface area contributed by atoms with Crippen LogP contribution >= 0.6 is 0 Å². The van der Waals surface area contributed by atoms with E-state index in [2.05, 4.69) is 10.6 Å². The number of hydrogen-bond donors (Lipinski definition) is 3. The van der Waals surface area contributed by atoms with Crippen LogP contribution in [-0.4, -0.2) is 18.5 Å². The number of rotatable bonds is 7. The number of carbonyl (C=O) groups excluding carboxylic acids is 2. The highest BCUT2D eigenvalue weighted by molar-refractivity contribution is 5.93. The quantitative estimate of drug-likeness (QED) is 0.532. The van der Waals surface area contributed by atoms with Gasteiger partial charge in [-0.25, -0.2) is 4.79 Å². The van der Waals surface area contributed by atoms with Crippen LogP contribution in [0.5, 0.6) is 0 Å². The largest absolute Gasteiger partial charge is 0.445 e. The molecule has 132 valence electrons. The van der Waals surface area contributed by atoms with E-state index in [-0.39, 0.29) is 18.9 Å². The predicted octanol–water partition coefficient (Wildman–Crippen LogP) is 3.22. The van der Waals surface area contributed by atoms with Crippen molar-refractivity contribution in [1.82, 2.24) is 5.32 Å². The summed E-state index contributed by atoms with van der Waals surface area (Å²) in [4.78, 5) is 23.5. The average molecular weight is 341 g/mol. The molecule has 2 rings (SSSR count). The number of nitrogen functional groups attached to an aromatic ring is 1. The zero-order valence-electron chi connectivity index (χ0n) is 14.2. The van der Waals surface area contributed by atoms with E-state index in [0.29, 0.717) is 24.3 Å². The Hall–Kier alpha value is -3.02. The summed E-state index contributed by atoms with van der Waals surface area (Å²) in [7, 11) is 0. The van der Waals surface area contributed by atoms with Crippen LogP contribution < -0.4 is 16.4 Å². The third-order valence-electron chi connectivity index (χ3n) is 3.54. The molecule has 0 bridgehead atoms. The van der Waals surface area contributed by atoms with Crippen molar-refractivity contribution in [1.29, 1.82) is 0 Å². The van der Waals surface area contributed by atoms with Crippen molar-refractivity contribution in [2.75, 3.05) is 17.6 Å². The third-order valence-corrected chi connectivity index (χ3v) is 3.54. The van der Waals surface area contributed by atoms with E-state index in [4.69, 9.17) is 10.5 Å². The Kier molecular flexibility index (Phi) is 6.83. The van der Waals surface area contributed by atoms with E-state index in [1.165, 1.54) is 0 Å². The van der Waals surface area contributed by atoms with Crippen molar-refractivity contribution in [3.05, 3.63) is 59.7 Å². The predicted molar refractivity (Wildman–Crippen MR) is 98.1 cm³/mol. The van der Waals surface area contributed by atoms with Crippen LogP contribution in [0.1, 0.15) is 24.0 Å². The SMILES string of the molecule is Cc1ccc(NC(=O)CCCNC(=O)OCc2ccccc2)c(N)c1. The van der Waals surface area contributed by atoms with Gasteiger partial charge in [0.15, 0.2) is 0 Å². The van der Waals surface area contributed by atoms with Gasteiger partial charge < -0.3 is 21.1 Å². The Morgan fingerprint density at radius 1 is 1.12 bits per heavy atom. The van der Waals surface area contributed by atoms with Crippen LogP contribution in [-0.2, 0) is 16.1 Å². The molecule has 0 saturated carbocycles. The molecular weight excluding hydrogens is 318 g/mol. The number of ether oxygens (including phenoxy) is 1. The van der Waals surface area contributed by atoms with Gasteiger partial charge >= 0.3 is 6.09 Å². The first-order chi connectivity index (χ1) is 12.0. The Balaban J connectivity index is 1.61. The summed E-state index contributed by atoms with van der Waals surface area (Å²) in [6.07, 6.45) is 0.302. The molecule has 0 aromatic heterocycles. The highest BCUT2D eigenvalue weighted by Gasteiger charge is 2.06.